The molecule has 0 aromatic heterocycles. The zero-order valence-corrected chi connectivity index (χ0v) is 23.2. The number of nitrogens with one attached hydrogen (secondary N) is 3. The van der Waals surface area contributed by atoms with Crippen molar-refractivity contribution in [2.45, 2.75) is 59.5 Å². The van der Waals surface area contributed by atoms with Gasteiger partial charge in [-0.15, -0.1) is 5.11 Å². The molecule has 2 atom stereocenters. The molecule has 1 aliphatic heterocycles. The van der Waals surface area contributed by atoms with Crippen LogP contribution < -0.4 is 21.0 Å². The lowest BCUT2D eigenvalue weighted by molar-refractivity contribution is -0.137. The molecule has 0 saturated carbocycles. The molecule has 7 nitrogen and oxygen atoms in total. The summed E-state index contributed by atoms with van der Waals surface area (Å²) >= 11 is 0. The Balaban J connectivity index is 1.53. The van der Waals surface area contributed by atoms with E-state index in [9.17, 15) is 18.0 Å². The molecule has 1 aliphatic rings. The van der Waals surface area contributed by atoms with Crippen molar-refractivity contribution >= 4 is 5.91 Å². The number of rotatable bonds is 8. The van der Waals surface area contributed by atoms with E-state index >= 15 is 0 Å². The molecule has 3 N–H and O–H groups in total. The molecular formula is C30H34F3N5O2. The maximum absolute atomic E-state index is 13.0. The van der Waals surface area contributed by atoms with Crippen LogP contribution in [0.3, 0.4) is 0 Å². The standard InChI is InChI=1S/C30H34F3N5O2/c1-18-14-24(15-19(2)27(18)21-10-12-23(13-11-21)30(31,32)33)40-25(16-29(3,4)5)20-6-8-22(9-7-20)28(39)34-17-26-35-37-38-36-26/h6-15,25-26H,16-17H2,1-5H3,(H,34,39)(H,35,38)(H,36,37). The predicted molar refractivity (Wildman–Crippen MR) is 147 cm³/mol. The van der Waals surface area contributed by atoms with E-state index in [-0.39, 0.29) is 23.6 Å². The van der Waals surface area contributed by atoms with E-state index < -0.39 is 11.7 Å². The lowest BCUT2D eigenvalue weighted by atomic mass is 9.86. The summed E-state index contributed by atoms with van der Waals surface area (Å²) in [5, 5.41) is 10.3. The highest BCUT2D eigenvalue weighted by molar-refractivity contribution is 5.94. The van der Waals surface area contributed by atoms with Crippen molar-refractivity contribution in [3.63, 3.8) is 0 Å². The van der Waals surface area contributed by atoms with E-state index in [1.54, 1.807) is 12.1 Å². The van der Waals surface area contributed by atoms with Gasteiger partial charge in [-0.3, -0.25) is 4.79 Å². The Kier molecular flexibility index (Phi) is 8.48. The van der Waals surface area contributed by atoms with E-state index in [2.05, 4.69) is 47.4 Å². The summed E-state index contributed by atoms with van der Waals surface area (Å²) in [6, 6.07) is 16.4. The number of carbonyl (C=O) groups is 1. The van der Waals surface area contributed by atoms with Gasteiger partial charge in [0.2, 0.25) is 0 Å². The summed E-state index contributed by atoms with van der Waals surface area (Å²) in [7, 11) is 0. The third-order valence-electron chi connectivity index (χ3n) is 6.56. The molecule has 0 saturated heterocycles. The summed E-state index contributed by atoms with van der Waals surface area (Å²) in [6.45, 7) is 10.6. The fourth-order valence-corrected chi connectivity index (χ4v) is 4.68. The van der Waals surface area contributed by atoms with Gasteiger partial charge in [0.1, 0.15) is 11.9 Å². The smallest absolute Gasteiger partial charge is 0.416 e. The Bertz CT molecular complexity index is 1340. The Morgan fingerprint density at radius 1 is 1.00 bits per heavy atom. The second-order valence-corrected chi connectivity index (χ2v) is 11.2. The van der Waals surface area contributed by atoms with Gasteiger partial charge in [0.25, 0.3) is 5.91 Å². The van der Waals surface area contributed by atoms with E-state index in [1.807, 2.05) is 38.1 Å². The number of amides is 1. The largest absolute Gasteiger partial charge is 0.486 e. The Hall–Kier alpha value is -3.92. The first-order chi connectivity index (χ1) is 18.8. The van der Waals surface area contributed by atoms with Gasteiger partial charge in [-0.1, -0.05) is 50.3 Å². The molecule has 3 aromatic rings. The van der Waals surface area contributed by atoms with Crippen molar-refractivity contribution < 1.29 is 22.7 Å². The zero-order valence-electron chi connectivity index (χ0n) is 23.2. The number of aryl methyl sites for hydroxylation is 2. The van der Waals surface area contributed by atoms with Crippen LogP contribution >= 0.6 is 0 Å². The number of alkyl halides is 3. The van der Waals surface area contributed by atoms with Crippen LogP contribution in [0.2, 0.25) is 0 Å². The minimum Gasteiger partial charge on any atom is -0.486 e. The molecule has 40 heavy (non-hydrogen) atoms. The molecule has 0 fully saturated rings. The first-order valence-corrected chi connectivity index (χ1v) is 13.0. The number of hydrogen-bond donors (Lipinski definition) is 3. The third-order valence-corrected chi connectivity index (χ3v) is 6.56. The van der Waals surface area contributed by atoms with Crippen LogP contribution in [0.5, 0.6) is 5.75 Å². The molecule has 2 unspecified atom stereocenters. The normalized spacial score (nSPS) is 15.9. The predicted octanol–water partition coefficient (Wildman–Crippen LogP) is 7.08. The topological polar surface area (TPSA) is 87.1 Å². The van der Waals surface area contributed by atoms with Gasteiger partial charge in [0, 0.05) is 5.56 Å². The maximum Gasteiger partial charge on any atom is 0.416 e. The molecule has 212 valence electrons. The number of nitrogens with zero attached hydrogens (tertiary/aromatic N) is 2. The summed E-state index contributed by atoms with van der Waals surface area (Å²) < 4.78 is 45.6. The number of ether oxygens (including phenoxy) is 1. The van der Waals surface area contributed by atoms with Crippen molar-refractivity contribution in [3.05, 3.63) is 88.5 Å². The third kappa shape index (κ3) is 7.38. The van der Waals surface area contributed by atoms with Crippen LogP contribution in [0.4, 0.5) is 13.2 Å². The van der Waals surface area contributed by atoms with Gasteiger partial charge in [0.15, 0.2) is 6.17 Å². The second kappa shape index (κ2) is 11.7. The Labute approximate surface area is 232 Å². The average Bonchev–Trinajstić information content (AvgIpc) is 3.39. The fraction of sp³-hybridized carbons (Fsp3) is 0.367. The molecule has 1 amide bonds. The first kappa shape index (κ1) is 29.1. The molecule has 0 radical (unpaired) electrons. The fourth-order valence-electron chi connectivity index (χ4n) is 4.68. The first-order valence-electron chi connectivity index (χ1n) is 13.0. The summed E-state index contributed by atoms with van der Waals surface area (Å²) in [5.41, 5.74) is 9.49. The van der Waals surface area contributed by atoms with Gasteiger partial charge >= 0.3 is 6.18 Å². The molecule has 3 aromatic carbocycles. The molecule has 1 heterocycles. The van der Waals surface area contributed by atoms with E-state index in [1.165, 1.54) is 12.1 Å². The number of halogens is 3. The minimum absolute atomic E-state index is 0.0398. The van der Waals surface area contributed by atoms with Gasteiger partial charge in [-0.2, -0.15) is 18.6 Å². The van der Waals surface area contributed by atoms with Crippen LogP contribution in [0.15, 0.2) is 71.0 Å². The van der Waals surface area contributed by atoms with Gasteiger partial charge in [0.05, 0.1) is 12.1 Å². The van der Waals surface area contributed by atoms with Crippen molar-refractivity contribution in [1.29, 1.82) is 0 Å². The van der Waals surface area contributed by atoms with Crippen molar-refractivity contribution in [3.8, 4) is 16.9 Å². The number of hydrogen-bond acceptors (Lipinski definition) is 6. The molecule has 4 rings (SSSR count). The van der Waals surface area contributed by atoms with Crippen molar-refractivity contribution in [1.82, 2.24) is 16.3 Å². The highest BCUT2D eigenvalue weighted by Crippen LogP contribution is 2.38. The van der Waals surface area contributed by atoms with E-state index in [4.69, 9.17) is 4.74 Å². The molecule has 0 aliphatic carbocycles. The Morgan fingerprint density at radius 2 is 1.62 bits per heavy atom. The molecular weight excluding hydrogens is 519 g/mol. The minimum atomic E-state index is -4.37. The Morgan fingerprint density at radius 3 is 2.15 bits per heavy atom. The summed E-state index contributed by atoms with van der Waals surface area (Å²) in [5.74, 6) is 0.461. The monoisotopic (exact) mass is 553 g/mol. The van der Waals surface area contributed by atoms with Crippen LogP contribution in [0.1, 0.15) is 65.9 Å². The molecule has 0 spiro atoms. The SMILES string of the molecule is Cc1cc(OC(CC(C)(C)C)c2ccc(C(=O)NCC3N=NNN3)cc2)cc(C)c1-c1ccc(C(F)(F)F)cc1. The number of carbonyl (C=O) groups excluding carboxylic acids is 1. The number of benzene rings is 3. The maximum atomic E-state index is 13.0. The molecule has 10 heteroatoms. The summed E-state index contributed by atoms with van der Waals surface area (Å²) in [6.07, 6.45) is -4.24. The van der Waals surface area contributed by atoms with E-state index in [0.717, 1.165) is 46.4 Å². The molecule has 0 bridgehead atoms. The lowest BCUT2D eigenvalue weighted by Gasteiger charge is -2.28. The second-order valence-electron chi connectivity index (χ2n) is 11.2. The van der Waals surface area contributed by atoms with Crippen LogP contribution in [-0.2, 0) is 6.18 Å². The zero-order chi connectivity index (χ0) is 29.1. The van der Waals surface area contributed by atoms with Crippen LogP contribution in [-0.4, -0.2) is 18.6 Å². The van der Waals surface area contributed by atoms with Gasteiger partial charge in [-0.25, -0.2) is 5.53 Å². The van der Waals surface area contributed by atoms with Crippen LogP contribution in [0, 0.1) is 19.3 Å². The van der Waals surface area contributed by atoms with Gasteiger partial charge in [-0.05, 0) is 89.9 Å². The van der Waals surface area contributed by atoms with Crippen LogP contribution in [0.25, 0.3) is 11.1 Å². The van der Waals surface area contributed by atoms with Crippen molar-refractivity contribution in [2.24, 2.45) is 15.8 Å². The number of hydrazine groups is 1. The highest BCUT2D eigenvalue weighted by Gasteiger charge is 2.30. The van der Waals surface area contributed by atoms with E-state index in [0.29, 0.717) is 17.9 Å². The lowest BCUT2D eigenvalue weighted by Crippen LogP contribution is -2.40. The van der Waals surface area contributed by atoms with Gasteiger partial charge < -0.3 is 10.1 Å². The highest BCUT2D eigenvalue weighted by atomic mass is 19.4. The van der Waals surface area contributed by atoms with Crippen molar-refractivity contribution in [2.75, 3.05) is 6.54 Å². The average molecular weight is 554 g/mol. The summed E-state index contributed by atoms with van der Waals surface area (Å²) in [4.78, 5) is 12.6. The quantitative estimate of drug-likeness (QED) is 0.278.